The third-order valence-electron chi connectivity index (χ3n) is 7.26. The Morgan fingerprint density at radius 3 is 1.59 bits per heavy atom. The molecule has 3 aromatic heterocycles. The second kappa shape index (κ2) is 10.2. The van der Waals surface area contributed by atoms with Crippen LogP contribution in [0.15, 0.2) is 122 Å². The highest BCUT2D eigenvalue weighted by Crippen LogP contribution is 2.39. The van der Waals surface area contributed by atoms with Crippen molar-refractivity contribution >= 4 is 37.3 Å². The number of aromatic nitrogens is 2. The number of rotatable bonds is 4. The van der Waals surface area contributed by atoms with Crippen LogP contribution in [-0.2, 0) is 0 Å². The second-order valence-corrected chi connectivity index (χ2v) is 10.8. The molecule has 190 valence electrons. The fourth-order valence-corrected chi connectivity index (χ4v) is 6.29. The molecule has 0 aliphatic carbocycles. The van der Waals surface area contributed by atoms with Crippen LogP contribution in [0, 0.1) is 17.9 Å². The van der Waals surface area contributed by atoms with Gasteiger partial charge >= 0.3 is 0 Å². The Bertz CT molecular complexity index is 2040. The van der Waals surface area contributed by atoms with Gasteiger partial charge in [-0.15, -0.1) is 16.3 Å². The van der Waals surface area contributed by atoms with Crippen molar-refractivity contribution in [2.75, 3.05) is 0 Å². The maximum atomic E-state index is 9.26. The van der Waals surface area contributed by atoms with Crippen LogP contribution in [0.4, 0.5) is 5.82 Å². The van der Waals surface area contributed by atoms with Crippen LogP contribution in [0.25, 0.3) is 69.5 Å². The van der Waals surface area contributed by atoms with Crippen LogP contribution >= 0.6 is 11.3 Å². The molecule has 0 saturated carbocycles. The molecular formula is C36H20N4S. The predicted octanol–water partition coefficient (Wildman–Crippen LogP) is 9.93. The van der Waals surface area contributed by atoms with Gasteiger partial charge in [-0.2, -0.15) is 5.26 Å². The molecule has 3 heterocycles. The number of nitrogens with zero attached hydrogens (tertiary/aromatic N) is 4. The van der Waals surface area contributed by atoms with Crippen molar-refractivity contribution in [2.45, 2.75) is 0 Å². The van der Waals surface area contributed by atoms with E-state index in [1.54, 1.807) is 23.7 Å². The lowest BCUT2D eigenvalue weighted by Crippen LogP contribution is -1.85. The fraction of sp³-hybridized carbons (Fsp3) is 0. The van der Waals surface area contributed by atoms with Crippen LogP contribution in [0.2, 0.25) is 0 Å². The van der Waals surface area contributed by atoms with E-state index in [0.29, 0.717) is 11.5 Å². The Morgan fingerprint density at radius 1 is 0.561 bits per heavy atom. The van der Waals surface area contributed by atoms with Gasteiger partial charge in [0.1, 0.15) is 18.0 Å². The number of fused-ring (bicyclic) bond motifs is 3. The summed E-state index contributed by atoms with van der Waals surface area (Å²) in [7, 11) is 0. The molecular weight excluding hydrogens is 520 g/mol. The average molecular weight is 541 g/mol. The fourth-order valence-electron chi connectivity index (χ4n) is 5.22. The highest BCUT2D eigenvalue weighted by atomic mass is 32.1. The third-order valence-corrected chi connectivity index (χ3v) is 8.41. The molecule has 0 amide bonds. The first-order valence-corrected chi connectivity index (χ1v) is 13.9. The Kier molecular flexibility index (Phi) is 6.06. The summed E-state index contributed by atoms with van der Waals surface area (Å²) in [4.78, 5) is 11.7. The molecule has 4 nitrogen and oxygen atoms in total. The molecule has 0 atom stereocenters. The molecule has 0 bridgehead atoms. The van der Waals surface area contributed by atoms with E-state index < -0.39 is 0 Å². The van der Waals surface area contributed by atoms with Crippen molar-refractivity contribution < 1.29 is 0 Å². The largest absolute Gasteiger partial charge is 0.361 e. The van der Waals surface area contributed by atoms with Gasteiger partial charge in [0.25, 0.3) is 5.82 Å². The molecule has 0 radical (unpaired) electrons. The standard InChI is InChI=1S/C36H20N4S/c1-38-36-21-30(13-15-40-36)26-7-3-5-24(17-26)28-9-11-35-33(20-28)32-19-27(8-10-34(32)41-35)23-4-2-6-25(16-23)29-12-14-39-31(18-29)22-37/h2-21H. The molecule has 4 aromatic carbocycles. The molecule has 7 rings (SSSR count). The van der Waals surface area contributed by atoms with Crippen LogP contribution in [0.1, 0.15) is 5.69 Å². The van der Waals surface area contributed by atoms with Crippen LogP contribution in [0.3, 0.4) is 0 Å². The minimum absolute atomic E-state index is 0.396. The molecule has 41 heavy (non-hydrogen) atoms. The summed E-state index contributed by atoms with van der Waals surface area (Å²) in [6, 6.07) is 39.8. The molecule has 0 aliphatic heterocycles. The maximum absolute atomic E-state index is 9.26. The first-order valence-electron chi connectivity index (χ1n) is 13.1. The normalized spacial score (nSPS) is 10.9. The van der Waals surface area contributed by atoms with Crippen molar-refractivity contribution in [3.8, 4) is 50.6 Å². The smallest absolute Gasteiger partial charge is 0.270 e. The average Bonchev–Trinajstić information content (AvgIpc) is 3.42. The molecule has 5 heteroatoms. The van der Waals surface area contributed by atoms with Crippen molar-refractivity contribution in [2.24, 2.45) is 0 Å². The van der Waals surface area contributed by atoms with Gasteiger partial charge in [0.2, 0.25) is 0 Å². The summed E-state index contributed by atoms with van der Waals surface area (Å²) >= 11 is 1.80. The molecule has 0 N–H and O–H groups in total. The molecule has 0 fully saturated rings. The van der Waals surface area contributed by atoms with Gasteiger partial charge in [0.05, 0.1) is 0 Å². The van der Waals surface area contributed by atoms with Gasteiger partial charge in [0, 0.05) is 26.4 Å². The quantitative estimate of drug-likeness (QED) is 0.209. The van der Waals surface area contributed by atoms with E-state index in [0.717, 1.165) is 44.5 Å². The summed E-state index contributed by atoms with van der Waals surface area (Å²) in [5.41, 5.74) is 9.03. The number of pyridine rings is 2. The molecule has 0 aliphatic rings. The van der Waals surface area contributed by atoms with Gasteiger partial charge in [-0.25, -0.2) is 4.98 Å². The van der Waals surface area contributed by atoms with Gasteiger partial charge in [-0.1, -0.05) is 55.1 Å². The number of thiophene rings is 1. The van der Waals surface area contributed by atoms with E-state index >= 15 is 0 Å². The van der Waals surface area contributed by atoms with Gasteiger partial charge in [0.15, 0.2) is 0 Å². The van der Waals surface area contributed by atoms with Crippen molar-refractivity contribution in [3.63, 3.8) is 0 Å². The summed E-state index contributed by atoms with van der Waals surface area (Å²) in [6.45, 7) is 7.29. The lowest BCUT2D eigenvalue weighted by atomic mass is 9.96. The monoisotopic (exact) mass is 540 g/mol. The number of benzene rings is 4. The summed E-state index contributed by atoms with van der Waals surface area (Å²) in [6.07, 6.45) is 3.37. The lowest BCUT2D eigenvalue weighted by molar-refractivity contribution is 1.26. The highest BCUT2D eigenvalue weighted by Gasteiger charge is 2.11. The first-order chi connectivity index (χ1) is 20.2. The Hall–Kier alpha value is -5.62. The van der Waals surface area contributed by atoms with E-state index in [2.05, 4.69) is 106 Å². The van der Waals surface area contributed by atoms with E-state index in [-0.39, 0.29) is 0 Å². The number of nitriles is 1. The third kappa shape index (κ3) is 4.61. The maximum Gasteiger partial charge on any atom is 0.270 e. The van der Waals surface area contributed by atoms with E-state index in [9.17, 15) is 5.26 Å². The summed E-state index contributed by atoms with van der Waals surface area (Å²) in [5, 5.41) is 11.7. The lowest BCUT2D eigenvalue weighted by Gasteiger charge is -2.08. The predicted molar refractivity (Wildman–Crippen MR) is 168 cm³/mol. The summed E-state index contributed by atoms with van der Waals surface area (Å²) in [5.74, 6) is 0.396. The van der Waals surface area contributed by atoms with Gasteiger partial charge in [-0.05, 0) is 105 Å². The van der Waals surface area contributed by atoms with Gasteiger partial charge < -0.3 is 4.85 Å². The molecule has 0 saturated heterocycles. The van der Waals surface area contributed by atoms with Crippen molar-refractivity contribution in [1.29, 1.82) is 5.26 Å². The van der Waals surface area contributed by atoms with E-state index in [4.69, 9.17) is 6.57 Å². The molecule has 0 spiro atoms. The Balaban J connectivity index is 1.29. The van der Waals surface area contributed by atoms with Gasteiger partial charge in [-0.3, -0.25) is 0 Å². The summed E-state index contributed by atoms with van der Waals surface area (Å²) < 4.78 is 2.50. The SMILES string of the molecule is [C-]#[N+]c1cc(-c2cccc(-c3ccc4sc5ccc(-c6cccc(-c7ccnc(C#N)c7)c6)cc5c4c3)c2)ccn1. The zero-order chi connectivity index (χ0) is 27.8. The Morgan fingerprint density at radius 2 is 1.05 bits per heavy atom. The topological polar surface area (TPSA) is 53.9 Å². The van der Waals surface area contributed by atoms with E-state index in [1.165, 1.54) is 20.2 Å². The zero-order valence-electron chi connectivity index (χ0n) is 21.7. The van der Waals surface area contributed by atoms with Crippen LogP contribution in [0.5, 0.6) is 0 Å². The minimum Gasteiger partial charge on any atom is -0.361 e. The van der Waals surface area contributed by atoms with Crippen molar-refractivity contribution in [1.82, 2.24) is 9.97 Å². The van der Waals surface area contributed by atoms with E-state index in [1.807, 2.05) is 24.3 Å². The second-order valence-electron chi connectivity index (χ2n) is 9.74. The zero-order valence-corrected chi connectivity index (χ0v) is 22.6. The Labute approximate surface area is 241 Å². The highest BCUT2D eigenvalue weighted by molar-refractivity contribution is 7.25. The number of hydrogen-bond donors (Lipinski definition) is 0. The van der Waals surface area contributed by atoms with Crippen molar-refractivity contribution in [3.05, 3.63) is 139 Å². The molecule has 0 unspecified atom stereocenters. The number of hydrogen-bond acceptors (Lipinski definition) is 4. The van der Waals surface area contributed by atoms with Crippen LogP contribution < -0.4 is 0 Å². The first kappa shape index (κ1) is 24.4. The molecule has 7 aromatic rings. The minimum atomic E-state index is 0.396. The van der Waals surface area contributed by atoms with Crippen LogP contribution in [-0.4, -0.2) is 9.97 Å².